The maximum absolute atomic E-state index is 13.5. The molecule has 0 aliphatic carbocycles. The summed E-state index contributed by atoms with van der Waals surface area (Å²) in [6.07, 6.45) is 6.25. The van der Waals surface area contributed by atoms with Gasteiger partial charge in [0.2, 0.25) is 0 Å². The molecule has 1 unspecified atom stereocenters. The summed E-state index contributed by atoms with van der Waals surface area (Å²) in [6.45, 7) is 6.04. The lowest BCUT2D eigenvalue weighted by Gasteiger charge is -2.34. The molecule has 0 bridgehead atoms. The number of piperidine rings is 1. The lowest BCUT2D eigenvalue weighted by atomic mass is 10.0. The van der Waals surface area contributed by atoms with Gasteiger partial charge in [0.25, 0.3) is 0 Å². The van der Waals surface area contributed by atoms with Crippen LogP contribution < -0.4 is 10.6 Å². The first-order valence-corrected chi connectivity index (χ1v) is 10.7. The summed E-state index contributed by atoms with van der Waals surface area (Å²) in [6, 6.07) is 5.33. The van der Waals surface area contributed by atoms with Crippen molar-refractivity contribution in [3.05, 3.63) is 35.8 Å². The number of rotatable bonds is 6. The van der Waals surface area contributed by atoms with Crippen molar-refractivity contribution >= 4 is 16.9 Å². The van der Waals surface area contributed by atoms with E-state index in [1.807, 2.05) is 13.2 Å². The lowest BCUT2D eigenvalue weighted by molar-refractivity contribution is 0.150. The molecule has 2 aliphatic heterocycles. The van der Waals surface area contributed by atoms with Crippen LogP contribution in [0.2, 0.25) is 0 Å². The zero-order valence-electron chi connectivity index (χ0n) is 17.2. The van der Waals surface area contributed by atoms with Crippen LogP contribution in [0.25, 0.3) is 10.9 Å². The Kier molecular flexibility index (Phi) is 6.67. The van der Waals surface area contributed by atoms with E-state index in [0.29, 0.717) is 12.0 Å². The van der Waals surface area contributed by atoms with Crippen LogP contribution in [0.15, 0.2) is 29.4 Å². The summed E-state index contributed by atoms with van der Waals surface area (Å²) in [7, 11) is 1.81. The third-order valence-electron chi connectivity index (χ3n) is 6.11. The third-order valence-corrected chi connectivity index (χ3v) is 6.11. The van der Waals surface area contributed by atoms with Crippen LogP contribution in [0.3, 0.4) is 0 Å². The van der Waals surface area contributed by atoms with Gasteiger partial charge in [-0.1, -0.05) is 0 Å². The fourth-order valence-electron chi connectivity index (χ4n) is 4.41. The molecule has 2 fully saturated rings. The monoisotopic (exact) mass is 401 g/mol. The number of hydrogen-bond donors (Lipinski definition) is 3. The van der Waals surface area contributed by atoms with Gasteiger partial charge in [-0.3, -0.25) is 4.99 Å². The van der Waals surface area contributed by atoms with Crippen molar-refractivity contribution in [1.29, 1.82) is 0 Å². The van der Waals surface area contributed by atoms with E-state index in [1.54, 1.807) is 12.1 Å². The van der Waals surface area contributed by atoms with E-state index in [1.165, 1.54) is 19.0 Å². The quantitative estimate of drug-likeness (QED) is 0.514. The van der Waals surface area contributed by atoms with Crippen molar-refractivity contribution in [3.8, 4) is 0 Å². The Hall–Kier alpha value is -2.12. The average molecular weight is 402 g/mol. The predicted molar refractivity (Wildman–Crippen MR) is 115 cm³/mol. The first-order valence-electron chi connectivity index (χ1n) is 10.7. The predicted octanol–water partition coefficient (Wildman–Crippen LogP) is 2.52. The summed E-state index contributed by atoms with van der Waals surface area (Å²) < 4.78 is 19.0. The van der Waals surface area contributed by atoms with E-state index in [-0.39, 0.29) is 5.82 Å². The molecule has 3 N–H and O–H groups in total. The molecule has 2 aliphatic rings. The Labute approximate surface area is 171 Å². The van der Waals surface area contributed by atoms with Gasteiger partial charge < -0.3 is 25.3 Å². The number of aromatic nitrogens is 1. The van der Waals surface area contributed by atoms with Gasteiger partial charge in [-0.05, 0) is 55.4 Å². The van der Waals surface area contributed by atoms with E-state index in [0.717, 1.165) is 74.5 Å². The molecule has 29 heavy (non-hydrogen) atoms. The van der Waals surface area contributed by atoms with Crippen molar-refractivity contribution in [2.45, 2.75) is 31.7 Å². The Morgan fingerprint density at radius 2 is 2.17 bits per heavy atom. The number of aliphatic imine (C=N–C) groups is 1. The highest BCUT2D eigenvalue weighted by molar-refractivity contribution is 5.83. The number of ether oxygens (including phenoxy) is 1. The van der Waals surface area contributed by atoms with Crippen LogP contribution in [0, 0.1) is 11.7 Å². The largest absolute Gasteiger partial charge is 0.381 e. The second-order valence-electron chi connectivity index (χ2n) is 8.20. The maximum atomic E-state index is 13.5. The molecule has 0 saturated carbocycles. The van der Waals surface area contributed by atoms with Gasteiger partial charge in [0, 0.05) is 63.0 Å². The fourth-order valence-corrected chi connectivity index (χ4v) is 4.41. The van der Waals surface area contributed by atoms with Crippen LogP contribution in [0.4, 0.5) is 4.39 Å². The second kappa shape index (κ2) is 9.59. The Bertz CT molecular complexity index is 822. The standard InChI is InChI=1S/C22H32FN5O/c1-24-22(25-8-4-17-13-26-21-3-2-18(23)12-20(17)21)27-19-5-9-28(10-6-19)14-16-7-11-29-15-16/h2-3,12-13,16,19,26H,4-11,14-15H2,1H3,(H2,24,25,27). The minimum absolute atomic E-state index is 0.199. The normalized spacial score (nSPS) is 21.7. The van der Waals surface area contributed by atoms with E-state index >= 15 is 0 Å². The molecule has 4 rings (SSSR count). The fraction of sp³-hybridized carbons (Fsp3) is 0.591. The van der Waals surface area contributed by atoms with Gasteiger partial charge >= 0.3 is 0 Å². The first kappa shape index (κ1) is 20.2. The molecule has 1 atom stereocenters. The van der Waals surface area contributed by atoms with Gasteiger partial charge in [0.1, 0.15) is 5.82 Å². The number of likely N-dealkylation sites (tertiary alicyclic amines) is 1. The molecule has 158 valence electrons. The average Bonchev–Trinajstić information content (AvgIpc) is 3.38. The molecule has 0 radical (unpaired) electrons. The van der Waals surface area contributed by atoms with Gasteiger partial charge in [0.05, 0.1) is 6.61 Å². The molecule has 1 aromatic heterocycles. The van der Waals surface area contributed by atoms with Crippen molar-refractivity contribution < 1.29 is 9.13 Å². The van der Waals surface area contributed by atoms with E-state index < -0.39 is 0 Å². The van der Waals surface area contributed by atoms with Crippen molar-refractivity contribution in [2.24, 2.45) is 10.9 Å². The third kappa shape index (κ3) is 5.28. The molecule has 6 nitrogen and oxygen atoms in total. The topological polar surface area (TPSA) is 64.7 Å². The van der Waals surface area contributed by atoms with Crippen LogP contribution in [-0.4, -0.2) is 68.3 Å². The Balaban J connectivity index is 1.20. The molecule has 0 amide bonds. The number of halogens is 1. The van der Waals surface area contributed by atoms with Crippen LogP contribution >= 0.6 is 0 Å². The number of aromatic amines is 1. The first-order chi connectivity index (χ1) is 14.2. The molecule has 3 heterocycles. The number of H-pyrrole nitrogens is 1. The zero-order valence-corrected chi connectivity index (χ0v) is 17.2. The van der Waals surface area contributed by atoms with E-state index in [4.69, 9.17) is 4.74 Å². The Morgan fingerprint density at radius 1 is 1.31 bits per heavy atom. The minimum Gasteiger partial charge on any atom is -0.381 e. The highest BCUT2D eigenvalue weighted by Gasteiger charge is 2.24. The number of benzene rings is 1. The molecular weight excluding hydrogens is 369 g/mol. The SMILES string of the molecule is CN=C(NCCc1c[nH]c2ccc(F)cc12)NC1CCN(CC2CCOC2)CC1. The van der Waals surface area contributed by atoms with E-state index in [2.05, 4.69) is 25.5 Å². The number of nitrogens with one attached hydrogen (secondary N) is 3. The van der Waals surface area contributed by atoms with Gasteiger partial charge in [-0.25, -0.2) is 4.39 Å². The molecule has 1 aromatic carbocycles. The van der Waals surface area contributed by atoms with E-state index in [9.17, 15) is 4.39 Å². The van der Waals surface area contributed by atoms with Crippen LogP contribution in [-0.2, 0) is 11.2 Å². The van der Waals surface area contributed by atoms with Crippen molar-refractivity contribution in [3.63, 3.8) is 0 Å². The van der Waals surface area contributed by atoms with Crippen molar-refractivity contribution in [2.75, 3.05) is 46.4 Å². The molecular formula is C22H32FN5O. The van der Waals surface area contributed by atoms with Crippen molar-refractivity contribution in [1.82, 2.24) is 20.5 Å². The maximum Gasteiger partial charge on any atom is 0.191 e. The zero-order chi connectivity index (χ0) is 20.1. The molecule has 2 aromatic rings. The summed E-state index contributed by atoms with van der Waals surface area (Å²) in [5.74, 6) is 1.36. The number of hydrogen-bond acceptors (Lipinski definition) is 3. The highest BCUT2D eigenvalue weighted by atomic mass is 19.1. The summed E-state index contributed by atoms with van der Waals surface area (Å²) in [5, 5.41) is 7.92. The van der Waals surface area contributed by atoms with Gasteiger partial charge in [-0.15, -0.1) is 0 Å². The summed E-state index contributed by atoms with van der Waals surface area (Å²) in [4.78, 5) is 10.2. The van der Waals surface area contributed by atoms with Crippen LogP contribution in [0.5, 0.6) is 0 Å². The van der Waals surface area contributed by atoms with Gasteiger partial charge in [0.15, 0.2) is 5.96 Å². The number of guanidine groups is 1. The molecule has 7 heteroatoms. The Morgan fingerprint density at radius 3 is 2.93 bits per heavy atom. The van der Waals surface area contributed by atoms with Gasteiger partial charge in [-0.2, -0.15) is 0 Å². The summed E-state index contributed by atoms with van der Waals surface area (Å²) in [5.41, 5.74) is 2.09. The highest BCUT2D eigenvalue weighted by Crippen LogP contribution is 2.20. The molecule has 0 spiro atoms. The smallest absolute Gasteiger partial charge is 0.191 e. The number of nitrogens with zero attached hydrogens (tertiary/aromatic N) is 2. The summed E-state index contributed by atoms with van der Waals surface area (Å²) >= 11 is 0. The van der Waals surface area contributed by atoms with Crippen LogP contribution in [0.1, 0.15) is 24.8 Å². The second-order valence-corrected chi connectivity index (χ2v) is 8.20. The lowest BCUT2D eigenvalue weighted by Crippen LogP contribution is -2.49. The number of fused-ring (bicyclic) bond motifs is 1. The molecule has 2 saturated heterocycles. The minimum atomic E-state index is -0.199.